The Hall–Kier alpha value is -7.22. The molecule has 1 unspecified atom stereocenters. The average Bonchev–Trinajstić information content (AvgIpc) is 3.69. The predicted molar refractivity (Wildman–Crippen MR) is 266 cm³/mol. The number of halogens is 3. The number of hydrogen-bond acceptors (Lipinski definition) is 7. The van der Waals surface area contributed by atoms with Gasteiger partial charge in [-0.1, -0.05) is 85.0 Å². The summed E-state index contributed by atoms with van der Waals surface area (Å²) >= 11 is 0. The van der Waals surface area contributed by atoms with Crippen LogP contribution in [0, 0.1) is 51.7 Å². The number of nitriles is 3. The quantitative estimate of drug-likeness (QED) is 0.138. The lowest BCUT2D eigenvalue weighted by Crippen LogP contribution is -2.48. The molecule has 10 rings (SSSR count). The molecule has 7 nitrogen and oxygen atoms in total. The molecular formula is C59H56F3N5O2. The summed E-state index contributed by atoms with van der Waals surface area (Å²) in [7, 11) is 9.79. The lowest BCUT2D eigenvalue weighted by molar-refractivity contribution is -0.249. The molecule has 6 aliphatic rings. The van der Waals surface area contributed by atoms with Crippen molar-refractivity contribution in [1.82, 2.24) is 0 Å². The molecule has 4 aromatic carbocycles. The number of anilines is 2. The summed E-state index contributed by atoms with van der Waals surface area (Å²) in [5.41, 5.74) is 4.92. The molecule has 4 bridgehead atoms. The molecule has 1 aliphatic heterocycles. The fourth-order valence-electron chi connectivity index (χ4n) is 12.4. The zero-order valence-electron chi connectivity index (χ0n) is 39.8. The Kier molecular flexibility index (Phi) is 12.7. The van der Waals surface area contributed by atoms with Crippen molar-refractivity contribution in [1.29, 1.82) is 15.8 Å². The highest BCUT2D eigenvalue weighted by Crippen LogP contribution is 2.62. The van der Waals surface area contributed by atoms with Gasteiger partial charge in [-0.05, 0) is 156 Å². The maximum absolute atomic E-state index is 15.9. The van der Waals surface area contributed by atoms with Gasteiger partial charge in [-0.15, -0.1) is 0 Å². The van der Waals surface area contributed by atoms with Gasteiger partial charge in [0.2, 0.25) is 0 Å². The van der Waals surface area contributed by atoms with Crippen LogP contribution in [-0.2, 0) is 15.8 Å². The monoisotopic (exact) mass is 923 g/mol. The average molecular weight is 924 g/mol. The molecule has 4 saturated carbocycles. The highest BCUT2D eigenvalue weighted by Gasteiger charge is 2.65. The van der Waals surface area contributed by atoms with Crippen molar-refractivity contribution < 1.29 is 22.6 Å². The van der Waals surface area contributed by atoms with E-state index in [2.05, 4.69) is 88.7 Å². The SMILES string of the molecule is COc1ccc(C2=C(/C=C/C3=C(C#N)C(=C(C#N)C#N)OC3(c3ccccc3)C(F)(F)F)CCC/C2=C\C=C(c2ccc(N(C)C)cc2)c2ccc(N(C)C)cc2)cc1C12CC3CC(CC(C3)C1)C2. The van der Waals surface area contributed by atoms with Crippen molar-refractivity contribution in [3.63, 3.8) is 0 Å². The van der Waals surface area contributed by atoms with E-state index >= 15 is 13.2 Å². The van der Waals surface area contributed by atoms with Crippen molar-refractivity contribution in [2.45, 2.75) is 75.0 Å². The molecule has 1 atom stereocenters. The van der Waals surface area contributed by atoms with E-state index in [1.54, 1.807) is 31.4 Å². The number of allylic oxidation sites excluding steroid dienone is 8. The van der Waals surface area contributed by atoms with Crippen LogP contribution >= 0.6 is 0 Å². The molecule has 4 aromatic rings. The van der Waals surface area contributed by atoms with Crippen molar-refractivity contribution >= 4 is 22.5 Å². The summed E-state index contributed by atoms with van der Waals surface area (Å²) < 4.78 is 59.8. The number of nitrogens with zero attached hydrogens (tertiary/aromatic N) is 5. The van der Waals surface area contributed by atoms with E-state index < -0.39 is 34.3 Å². The molecule has 5 aliphatic carbocycles. The minimum Gasteiger partial charge on any atom is -0.496 e. The van der Waals surface area contributed by atoms with Crippen LogP contribution in [0.5, 0.6) is 5.75 Å². The summed E-state index contributed by atoms with van der Waals surface area (Å²) in [6, 6.07) is 35.7. The Labute approximate surface area is 404 Å². The Morgan fingerprint density at radius 3 is 1.84 bits per heavy atom. The van der Waals surface area contributed by atoms with Crippen LogP contribution in [0.2, 0.25) is 0 Å². The lowest BCUT2D eigenvalue weighted by Gasteiger charge is -2.57. The van der Waals surface area contributed by atoms with Gasteiger partial charge in [-0.2, -0.15) is 29.0 Å². The maximum Gasteiger partial charge on any atom is 0.437 e. The number of ether oxygens (including phenoxy) is 2. The zero-order valence-corrected chi connectivity index (χ0v) is 39.8. The Bertz CT molecular complexity index is 2860. The van der Waals surface area contributed by atoms with Crippen molar-refractivity contribution in [2.24, 2.45) is 17.8 Å². The fraction of sp³-hybridized carbons (Fsp3) is 0.339. The molecule has 0 spiro atoms. The van der Waals surface area contributed by atoms with Gasteiger partial charge < -0.3 is 19.3 Å². The van der Waals surface area contributed by atoms with Gasteiger partial charge in [0.25, 0.3) is 5.60 Å². The lowest BCUT2D eigenvalue weighted by atomic mass is 9.48. The standard InChI is InChI=1S/C59H56F3N5O2/c1-66(2)48-21-14-41(15-22-48)50(42-16-23-49(24-17-42)67(3)4)25-18-43-10-9-11-44(55(43)45-20-27-54(68-5)53(31-45)57-32-38-28-39(33-57)30-40(29-38)34-57)19-26-52-51(37-65)56(46(35-63)36-64)69-58(52,59(60,61)62)47-12-7-6-8-13-47/h6-8,12-27,31,38-40H,9-11,28-30,32-34H2,1-5H3/b26-19+,43-18+. The second kappa shape index (κ2) is 18.7. The van der Waals surface area contributed by atoms with E-state index in [1.165, 1.54) is 55.2 Å². The molecule has 69 heavy (non-hydrogen) atoms. The summed E-state index contributed by atoms with van der Waals surface area (Å²) in [6.45, 7) is 0. The first-order valence-corrected chi connectivity index (χ1v) is 23.8. The first-order valence-electron chi connectivity index (χ1n) is 23.8. The van der Waals surface area contributed by atoms with Crippen LogP contribution in [0.3, 0.4) is 0 Å². The summed E-state index contributed by atoms with van der Waals surface area (Å²) in [5.74, 6) is 2.23. The van der Waals surface area contributed by atoms with Gasteiger partial charge in [-0.25, -0.2) is 0 Å². The third kappa shape index (κ3) is 8.54. The minimum absolute atomic E-state index is 0.0205. The van der Waals surface area contributed by atoms with E-state index in [0.717, 1.165) is 75.4 Å². The van der Waals surface area contributed by atoms with Crippen molar-refractivity contribution in [2.75, 3.05) is 45.1 Å². The number of alkyl halides is 3. The fourth-order valence-corrected chi connectivity index (χ4v) is 12.4. The highest BCUT2D eigenvalue weighted by atomic mass is 19.4. The molecule has 350 valence electrons. The normalized spacial score (nSPS) is 24.4. The number of benzene rings is 4. The second-order valence-corrected chi connectivity index (χ2v) is 19.8. The van der Waals surface area contributed by atoms with Crippen LogP contribution in [0.1, 0.15) is 85.6 Å². The Morgan fingerprint density at radius 1 is 0.754 bits per heavy atom. The summed E-state index contributed by atoms with van der Waals surface area (Å²) in [4.78, 5) is 4.13. The van der Waals surface area contributed by atoms with Gasteiger partial charge in [0.1, 0.15) is 29.5 Å². The van der Waals surface area contributed by atoms with Gasteiger partial charge in [0.05, 0.1) is 7.11 Å². The Balaban J connectivity index is 1.28. The summed E-state index contributed by atoms with van der Waals surface area (Å²) in [6.07, 6.45) is 11.4. The summed E-state index contributed by atoms with van der Waals surface area (Å²) in [5, 5.41) is 30.4. The van der Waals surface area contributed by atoms with Crippen LogP contribution in [0.25, 0.3) is 11.1 Å². The van der Waals surface area contributed by atoms with Crippen LogP contribution in [0.4, 0.5) is 24.5 Å². The smallest absolute Gasteiger partial charge is 0.437 e. The molecule has 10 heteroatoms. The van der Waals surface area contributed by atoms with Gasteiger partial charge in [0.15, 0.2) is 11.3 Å². The third-order valence-electron chi connectivity index (χ3n) is 15.2. The van der Waals surface area contributed by atoms with Crippen LogP contribution in [0.15, 0.2) is 155 Å². The number of rotatable bonds is 11. The number of methoxy groups -OCH3 is 1. The van der Waals surface area contributed by atoms with Gasteiger partial charge in [0, 0.05) is 56.3 Å². The van der Waals surface area contributed by atoms with Gasteiger partial charge >= 0.3 is 6.18 Å². The zero-order chi connectivity index (χ0) is 48.7. The molecule has 0 radical (unpaired) electrons. The van der Waals surface area contributed by atoms with E-state index in [0.29, 0.717) is 37.0 Å². The van der Waals surface area contributed by atoms with E-state index in [4.69, 9.17) is 9.47 Å². The van der Waals surface area contributed by atoms with Crippen molar-refractivity contribution in [3.8, 4) is 24.0 Å². The van der Waals surface area contributed by atoms with E-state index in [9.17, 15) is 15.8 Å². The number of hydrogen-bond donors (Lipinski definition) is 0. The molecule has 4 fully saturated rings. The van der Waals surface area contributed by atoms with Crippen molar-refractivity contribution in [3.05, 3.63) is 183 Å². The topological polar surface area (TPSA) is 96.3 Å². The molecule has 1 heterocycles. The van der Waals surface area contributed by atoms with Gasteiger partial charge in [-0.3, -0.25) is 0 Å². The van der Waals surface area contributed by atoms with E-state index in [1.807, 2.05) is 34.3 Å². The molecule has 0 N–H and O–H groups in total. The molecule has 0 aromatic heterocycles. The van der Waals surface area contributed by atoms with Crippen LogP contribution in [-0.4, -0.2) is 41.5 Å². The van der Waals surface area contributed by atoms with Crippen LogP contribution < -0.4 is 14.5 Å². The first kappa shape index (κ1) is 46.9. The molecule has 0 saturated heterocycles. The maximum atomic E-state index is 15.9. The molecule has 0 amide bonds. The predicted octanol–water partition coefficient (Wildman–Crippen LogP) is 13.5. The first-order chi connectivity index (χ1) is 33.2. The third-order valence-corrected chi connectivity index (χ3v) is 15.2. The largest absolute Gasteiger partial charge is 0.496 e. The minimum atomic E-state index is -5.11. The Morgan fingerprint density at radius 2 is 1.33 bits per heavy atom. The second-order valence-electron chi connectivity index (χ2n) is 19.8. The molecular weight excluding hydrogens is 868 g/mol. The highest BCUT2D eigenvalue weighted by molar-refractivity contribution is 5.87. The van der Waals surface area contributed by atoms with E-state index in [-0.39, 0.29) is 11.0 Å².